The van der Waals surface area contributed by atoms with Crippen LogP contribution in [0.4, 0.5) is 5.88 Å². The first-order chi connectivity index (χ1) is 15.0. The van der Waals surface area contributed by atoms with Crippen molar-refractivity contribution in [3.8, 4) is 10.6 Å². The highest BCUT2D eigenvalue weighted by Crippen LogP contribution is 2.28. The van der Waals surface area contributed by atoms with Gasteiger partial charge in [-0.05, 0) is 30.9 Å². The number of hydrogen-bond acceptors (Lipinski definition) is 7. The number of nitrogens with zero attached hydrogens (tertiary/aromatic N) is 3. The van der Waals surface area contributed by atoms with Gasteiger partial charge in [-0.2, -0.15) is 5.10 Å². The second kappa shape index (κ2) is 8.97. The molecule has 0 aliphatic heterocycles. The van der Waals surface area contributed by atoms with Gasteiger partial charge in [0.1, 0.15) is 11.3 Å². The average Bonchev–Trinajstić information content (AvgIpc) is 3.50. The lowest BCUT2D eigenvalue weighted by Crippen LogP contribution is -2.29. The summed E-state index contributed by atoms with van der Waals surface area (Å²) < 4.78 is 12.1. The van der Waals surface area contributed by atoms with Crippen LogP contribution in [-0.4, -0.2) is 32.9 Å². The Morgan fingerprint density at radius 2 is 2.03 bits per heavy atom. The molecule has 3 aromatic heterocycles. The first kappa shape index (κ1) is 20.5. The molecule has 1 aromatic carbocycles. The molecule has 0 saturated heterocycles. The number of benzene rings is 1. The molecule has 0 bridgehead atoms. The van der Waals surface area contributed by atoms with E-state index >= 15 is 0 Å². The van der Waals surface area contributed by atoms with Gasteiger partial charge in [0.15, 0.2) is 6.10 Å². The molecule has 31 heavy (non-hydrogen) atoms. The number of hydrogen-bond donors (Lipinski definition) is 1. The molecule has 3 heterocycles. The first-order valence-electron chi connectivity index (χ1n) is 9.60. The first-order valence-corrected chi connectivity index (χ1v) is 10.5. The van der Waals surface area contributed by atoms with Crippen LogP contribution in [0.25, 0.3) is 10.6 Å². The summed E-state index contributed by atoms with van der Waals surface area (Å²) in [4.78, 5) is 26.1. The molecule has 4 rings (SSSR count). The van der Waals surface area contributed by atoms with Crippen molar-refractivity contribution in [2.75, 3.05) is 5.32 Å². The van der Waals surface area contributed by atoms with E-state index in [-0.39, 0.29) is 5.88 Å². The van der Waals surface area contributed by atoms with Crippen LogP contribution in [0.15, 0.2) is 64.6 Å². The number of rotatable bonds is 7. The van der Waals surface area contributed by atoms with E-state index in [1.807, 2.05) is 47.8 Å². The number of nitrogens with one attached hydrogen (secondary N) is 1. The Bertz CT molecular complexity index is 1180. The van der Waals surface area contributed by atoms with Gasteiger partial charge in [0.25, 0.3) is 5.91 Å². The lowest BCUT2D eigenvalue weighted by molar-refractivity contribution is -0.123. The molecule has 1 N–H and O–H groups in total. The van der Waals surface area contributed by atoms with Crippen molar-refractivity contribution in [2.24, 2.45) is 0 Å². The molecular formula is C22H20N4O4S. The lowest BCUT2D eigenvalue weighted by atomic mass is 10.2. The summed E-state index contributed by atoms with van der Waals surface area (Å²) in [6, 6.07) is 15.2. The summed E-state index contributed by atoms with van der Waals surface area (Å²) in [6.45, 7) is 3.74. The quantitative estimate of drug-likeness (QED) is 0.437. The molecule has 0 saturated carbocycles. The molecular weight excluding hydrogens is 416 g/mol. The second-order valence-corrected chi connectivity index (χ2v) is 7.87. The molecule has 9 heteroatoms. The fourth-order valence-electron chi connectivity index (χ4n) is 2.94. The predicted octanol–water partition coefficient (Wildman–Crippen LogP) is 4.14. The standard InChI is InChI=1S/C22H20N4O4S/c1-14-11-19(30-25-14)23-21(27)15(2)29-22(28)17-13-26(12-16-7-4-3-5-8-16)24-20(17)18-9-6-10-31-18/h3-11,13,15H,12H2,1-2H3,(H,23,27). The fraction of sp³-hybridized carbons (Fsp3) is 0.182. The summed E-state index contributed by atoms with van der Waals surface area (Å²) in [6.07, 6.45) is 0.612. The third kappa shape index (κ3) is 4.89. The maximum atomic E-state index is 12.9. The molecule has 158 valence electrons. The van der Waals surface area contributed by atoms with Crippen molar-refractivity contribution in [3.05, 3.63) is 76.9 Å². The highest BCUT2D eigenvalue weighted by Gasteiger charge is 2.25. The SMILES string of the molecule is Cc1cc(NC(=O)C(C)OC(=O)c2cn(Cc3ccccc3)nc2-c2cccs2)on1. The fourth-order valence-corrected chi connectivity index (χ4v) is 3.66. The number of anilines is 1. The van der Waals surface area contributed by atoms with Crippen molar-refractivity contribution >= 4 is 29.1 Å². The predicted molar refractivity (Wildman–Crippen MR) is 116 cm³/mol. The van der Waals surface area contributed by atoms with Gasteiger partial charge >= 0.3 is 5.97 Å². The molecule has 4 aromatic rings. The zero-order valence-corrected chi connectivity index (χ0v) is 17.8. The van der Waals surface area contributed by atoms with E-state index < -0.39 is 18.0 Å². The second-order valence-electron chi connectivity index (χ2n) is 6.92. The zero-order chi connectivity index (χ0) is 21.8. The van der Waals surface area contributed by atoms with Gasteiger partial charge in [0, 0.05) is 12.3 Å². The van der Waals surface area contributed by atoms with Crippen molar-refractivity contribution in [1.29, 1.82) is 0 Å². The van der Waals surface area contributed by atoms with Gasteiger partial charge in [0.2, 0.25) is 5.88 Å². The third-order valence-electron chi connectivity index (χ3n) is 4.45. The third-order valence-corrected chi connectivity index (χ3v) is 5.33. The molecule has 8 nitrogen and oxygen atoms in total. The van der Waals surface area contributed by atoms with E-state index in [1.54, 1.807) is 23.9 Å². The Balaban J connectivity index is 1.52. The highest BCUT2D eigenvalue weighted by molar-refractivity contribution is 7.13. The zero-order valence-electron chi connectivity index (χ0n) is 16.9. The van der Waals surface area contributed by atoms with Crippen LogP contribution in [-0.2, 0) is 16.1 Å². The van der Waals surface area contributed by atoms with Crippen LogP contribution < -0.4 is 5.32 Å². The van der Waals surface area contributed by atoms with E-state index in [0.717, 1.165) is 10.4 Å². The summed E-state index contributed by atoms with van der Waals surface area (Å²) >= 11 is 1.47. The maximum Gasteiger partial charge on any atom is 0.342 e. The number of ether oxygens (including phenoxy) is 1. The molecule has 0 fully saturated rings. The lowest BCUT2D eigenvalue weighted by Gasteiger charge is -2.11. The Labute approximate surface area is 182 Å². The number of thiophene rings is 1. The summed E-state index contributed by atoms with van der Waals surface area (Å²) in [5.74, 6) is -0.946. The van der Waals surface area contributed by atoms with Gasteiger partial charge in [-0.25, -0.2) is 4.79 Å². The van der Waals surface area contributed by atoms with Crippen LogP contribution >= 0.6 is 11.3 Å². The Morgan fingerprint density at radius 1 is 1.23 bits per heavy atom. The van der Waals surface area contributed by atoms with Crippen LogP contribution in [0.3, 0.4) is 0 Å². The number of carbonyl (C=O) groups is 2. The number of aromatic nitrogens is 3. The van der Waals surface area contributed by atoms with Crippen LogP contribution in [0.2, 0.25) is 0 Å². The minimum Gasteiger partial charge on any atom is -0.449 e. The summed E-state index contributed by atoms with van der Waals surface area (Å²) in [5, 5.41) is 12.7. The molecule has 0 aliphatic carbocycles. The normalized spacial score (nSPS) is 11.8. The van der Waals surface area contributed by atoms with Crippen molar-refractivity contribution in [1.82, 2.24) is 14.9 Å². The van der Waals surface area contributed by atoms with E-state index in [4.69, 9.17) is 9.26 Å². The number of amides is 1. The molecule has 0 spiro atoms. The largest absolute Gasteiger partial charge is 0.449 e. The maximum absolute atomic E-state index is 12.9. The Kier molecular flexibility index (Phi) is 5.94. The van der Waals surface area contributed by atoms with Gasteiger partial charge in [-0.1, -0.05) is 41.6 Å². The molecule has 1 atom stereocenters. The van der Waals surface area contributed by atoms with Crippen LogP contribution in [0, 0.1) is 6.92 Å². The van der Waals surface area contributed by atoms with Crippen molar-refractivity contribution in [2.45, 2.75) is 26.5 Å². The van der Waals surface area contributed by atoms with E-state index in [1.165, 1.54) is 18.3 Å². The topological polar surface area (TPSA) is 99.2 Å². The van der Waals surface area contributed by atoms with Crippen molar-refractivity contribution in [3.63, 3.8) is 0 Å². The van der Waals surface area contributed by atoms with E-state index in [9.17, 15) is 9.59 Å². The number of esters is 1. The van der Waals surface area contributed by atoms with Crippen LogP contribution in [0.1, 0.15) is 28.5 Å². The van der Waals surface area contributed by atoms with Gasteiger partial charge < -0.3 is 9.26 Å². The molecule has 1 unspecified atom stereocenters. The number of carbonyl (C=O) groups excluding carboxylic acids is 2. The Morgan fingerprint density at radius 3 is 2.71 bits per heavy atom. The highest BCUT2D eigenvalue weighted by atomic mass is 32.1. The van der Waals surface area contributed by atoms with Gasteiger partial charge in [-0.3, -0.25) is 14.8 Å². The van der Waals surface area contributed by atoms with Gasteiger partial charge in [-0.15, -0.1) is 11.3 Å². The van der Waals surface area contributed by atoms with E-state index in [0.29, 0.717) is 23.5 Å². The minimum absolute atomic E-state index is 0.195. The molecule has 1 amide bonds. The minimum atomic E-state index is -1.04. The van der Waals surface area contributed by atoms with Crippen molar-refractivity contribution < 1.29 is 18.8 Å². The molecule has 0 aliphatic rings. The average molecular weight is 436 g/mol. The number of aryl methyl sites for hydroxylation is 1. The van der Waals surface area contributed by atoms with Gasteiger partial charge in [0.05, 0.1) is 17.1 Å². The van der Waals surface area contributed by atoms with E-state index in [2.05, 4.69) is 15.6 Å². The monoisotopic (exact) mass is 436 g/mol. The summed E-state index contributed by atoms with van der Waals surface area (Å²) in [5.41, 5.74) is 2.51. The Hall–Kier alpha value is -3.72. The smallest absolute Gasteiger partial charge is 0.342 e. The molecule has 0 radical (unpaired) electrons. The van der Waals surface area contributed by atoms with Crippen LogP contribution in [0.5, 0.6) is 0 Å². The summed E-state index contributed by atoms with van der Waals surface area (Å²) in [7, 11) is 0.